The Hall–Kier alpha value is -4.67. The van der Waals surface area contributed by atoms with Crippen molar-refractivity contribution in [3.05, 3.63) is 58.0 Å². The Kier molecular flexibility index (Phi) is 16.6. The van der Waals surface area contributed by atoms with E-state index >= 15 is 0 Å². The number of amides is 2. The number of fused-ring (bicyclic) bond motifs is 13. The van der Waals surface area contributed by atoms with Crippen LogP contribution in [0.1, 0.15) is 96.5 Å². The highest BCUT2D eigenvalue weighted by atomic mass is 127. The molecule has 71 heavy (non-hydrogen) atoms. The Morgan fingerprint density at radius 3 is 2.30 bits per heavy atom. The van der Waals surface area contributed by atoms with Crippen molar-refractivity contribution in [3.63, 3.8) is 0 Å². The third kappa shape index (κ3) is 11.1. The van der Waals surface area contributed by atoms with E-state index in [1.165, 1.54) is 32.4 Å². The van der Waals surface area contributed by atoms with Crippen LogP contribution >= 0.6 is 22.6 Å². The standard InChI is InChI=1S/C52H71IN6O12/c1-26-12-11-13-27(2)50(67)55-42-41-40(56-52(57-41)17-21-59(22-18-52)25-28(3)53)37-38(46(42)65)45(64)32(7)48-39(37)49(66)51(8,71-48)69-23-16-34(68-10)29(4)47(31(6)44(63)30(5)43(26)62)70-36(61)24-35(60)54-33-14-19-58(9)20-15-33/h11-13,16,23,26,28-31,33-34,43-44,47,56,62-65H,14-15,17-22,24-25H2,1-10H3,(H,54,60)/b12-11+,23-16+,27-13-,55-42?/t26-,28?,29+,30+,31+,34-,43-,44+,47+,51-/m0/s1. The van der Waals surface area contributed by atoms with Crippen molar-refractivity contribution in [2.24, 2.45) is 33.7 Å². The van der Waals surface area contributed by atoms with Gasteiger partial charge in [0.05, 0.1) is 41.2 Å². The molecule has 8 rings (SSSR count). The average Bonchev–Trinajstić information content (AvgIpc) is 3.83. The van der Waals surface area contributed by atoms with Crippen molar-refractivity contribution in [1.82, 2.24) is 15.1 Å². The summed E-state index contributed by atoms with van der Waals surface area (Å²) in [5.41, 5.74) is -0.236. The number of anilines is 1. The Labute approximate surface area is 428 Å². The number of nitrogens with zero attached hydrogens (tertiary/aromatic N) is 4. The van der Waals surface area contributed by atoms with Gasteiger partial charge in [-0.25, -0.2) is 4.99 Å². The third-order valence-electron chi connectivity index (χ3n) is 15.2. The molecule has 6 aliphatic heterocycles. The predicted molar refractivity (Wildman–Crippen MR) is 274 cm³/mol. The maximum atomic E-state index is 14.9. The number of alkyl halides is 1. The van der Waals surface area contributed by atoms with Crippen LogP contribution < -0.4 is 26.1 Å². The van der Waals surface area contributed by atoms with Gasteiger partial charge < -0.3 is 59.8 Å². The Balaban J connectivity index is 1.30. The summed E-state index contributed by atoms with van der Waals surface area (Å²) in [6.45, 7) is 17.5. The van der Waals surface area contributed by atoms with E-state index in [9.17, 15) is 39.6 Å². The van der Waals surface area contributed by atoms with Crippen LogP contribution in [0.2, 0.25) is 0 Å². The fourth-order valence-corrected chi connectivity index (χ4v) is 11.2. The first-order valence-corrected chi connectivity index (χ1v) is 26.0. The zero-order valence-electron chi connectivity index (χ0n) is 42.5. The molecule has 2 fully saturated rings. The van der Waals surface area contributed by atoms with E-state index in [4.69, 9.17) is 23.9 Å². The highest BCUT2D eigenvalue weighted by molar-refractivity contribution is 14.1. The molecule has 0 aliphatic carbocycles. The Bertz CT molecular complexity index is 2620. The normalized spacial score (nSPS) is 31.9. The number of phenolic OH excluding ortho intramolecular Hbond substituents is 2. The highest BCUT2D eigenvalue weighted by Gasteiger charge is 2.51. The lowest BCUT2D eigenvalue weighted by molar-refractivity contribution is -0.164. The number of phenols is 2. The van der Waals surface area contributed by atoms with Crippen LogP contribution in [0.4, 0.5) is 5.69 Å². The molecule has 10 atom stereocenters. The number of halogens is 1. The maximum absolute atomic E-state index is 14.9. The van der Waals surface area contributed by atoms with Gasteiger partial charge in [-0.15, -0.1) is 0 Å². The molecule has 5 bridgehead atoms. The molecule has 6 N–H and O–H groups in total. The summed E-state index contributed by atoms with van der Waals surface area (Å²) >= 11 is 2.40. The van der Waals surface area contributed by atoms with Gasteiger partial charge in [0.2, 0.25) is 5.91 Å². The zero-order chi connectivity index (χ0) is 51.9. The van der Waals surface area contributed by atoms with Crippen molar-refractivity contribution < 1.29 is 58.6 Å². The summed E-state index contributed by atoms with van der Waals surface area (Å²) in [6.07, 6.45) is 5.38. The van der Waals surface area contributed by atoms with Gasteiger partial charge in [-0.1, -0.05) is 75.4 Å². The number of carbonyl (C=O) groups is 4. The SMILES string of the molecule is CO[C@H]1/C=C/O[C@@]2(C)Oc3c(C)c(O)c4c(O)c(c5c(c4c3C2=O)NC2(CCN(CC(C)I)CC2)N=5)=NC(=O)/C(C)=C\C=C\[C@H](C)[C@H](O)[C@@H](C)[C@@H](O)[C@@H](C)[C@H](OC(=O)CC(=O)NC2CCN(C)CC2)[C@@H]1C. The second kappa shape index (κ2) is 21.8. The van der Waals surface area contributed by atoms with Crippen LogP contribution in [-0.4, -0.2) is 147 Å². The van der Waals surface area contributed by atoms with Crippen LogP contribution in [0.3, 0.4) is 0 Å². The number of piperidine rings is 2. The van der Waals surface area contributed by atoms with Crippen LogP contribution in [0.5, 0.6) is 17.2 Å². The molecule has 388 valence electrons. The monoisotopic (exact) mass is 1100 g/mol. The van der Waals surface area contributed by atoms with Gasteiger partial charge in [0.25, 0.3) is 11.7 Å². The van der Waals surface area contributed by atoms with Crippen molar-refractivity contribution in [2.75, 3.05) is 52.2 Å². The van der Waals surface area contributed by atoms with E-state index in [0.29, 0.717) is 35.5 Å². The van der Waals surface area contributed by atoms with E-state index in [0.717, 1.165) is 32.5 Å². The molecule has 18 nitrogen and oxygen atoms in total. The van der Waals surface area contributed by atoms with E-state index < -0.39 is 101 Å². The molecule has 2 aromatic rings. The highest BCUT2D eigenvalue weighted by Crippen LogP contribution is 2.51. The second-order valence-corrected chi connectivity index (χ2v) is 22.7. The molecule has 1 spiro atoms. The minimum absolute atomic E-state index is 0.0268. The van der Waals surface area contributed by atoms with Gasteiger partial charge in [0.1, 0.15) is 40.4 Å². The molecule has 6 aliphatic rings. The van der Waals surface area contributed by atoms with Crippen LogP contribution in [-0.2, 0) is 28.6 Å². The first kappa shape index (κ1) is 54.1. The first-order chi connectivity index (χ1) is 33.5. The lowest BCUT2D eigenvalue weighted by Gasteiger charge is -2.38. The molecule has 1 unspecified atom stereocenters. The molecular formula is C52H71IN6O12. The zero-order valence-corrected chi connectivity index (χ0v) is 44.6. The van der Waals surface area contributed by atoms with Crippen molar-refractivity contribution in [1.29, 1.82) is 0 Å². The number of aromatic hydroxyl groups is 2. The number of esters is 1. The molecule has 6 heterocycles. The number of carbonyl (C=O) groups excluding carboxylic acids is 4. The lowest BCUT2D eigenvalue weighted by Crippen LogP contribution is -2.47. The quantitative estimate of drug-likeness (QED) is 0.0736. The van der Waals surface area contributed by atoms with Crippen molar-refractivity contribution in [2.45, 2.75) is 133 Å². The first-order valence-electron chi connectivity index (χ1n) is 24.7. The number of likely N-dealkylation sites (tertiary alicyclic amines) is 2. The number of rotatable bonds is 7. The minimum Gasteiger partial charge on any atom is -0.507 e. The average molecular weight is 1100 g/mol. The molecule has 0 aromatic heterocycles. The van der Waals surface area contributed by atoms with Gasteiger partial charge in [0, 0.05) is 96.7 Å². The number of ether oxygens (including phenoxy) is 4. The van der Waals surface area contributed by atoms with Crippen molar-refractivity contribution in [3.8, 4) is 17.2 Å². The third-order valence-corrected chi connectivity index (χ3v) is 15.5. The summed E-state index contributed by atoms with van der Waals surface area (Å²) in [5, 5.41) is 54.2. The number of ketones is 1. The fraction of sp³-hybridized carbons (Fsp3) is 0.615. The van der Waals surface area contributed by atoms with Crippen LogP contribution in [0.25, 0.3) is 10.8 Å². The largest absolute Gasteiger partial charge is 0.507 e. The number of methoxy groups -OCH3 is 1. The molecule has 2 amide bonds. The maximum Gasteiger partial charge on any atom is 0.315 e. The number of hydrogen-bond donors (Lipinski definition) is 6. The number of Topliss-reactive ketones (excluding diaryl/α,β-unsaturated/α-hetero) is 1. The smallest absolute Gasteiger partial charge is 0.315 e. The lowest BCUT2D eigenvalue weighted by atomic mass is 9.78. The summed E-state index contributed by atoms with van der Waals surface area (Å²) < 4.78 is 25.0. The topological polar surface area (TPSA) is 241 Å². The molecule has 2 saturated heterocycles. The number of nitrogens with one attached hydrogen (secondary N) is 2. The van der Waals surface area contributed by atoms with Gasteiger partial charge in [0.15, 0.2) is 5.75 Å². The summed E-state index contributed by atoms with van der Waals surface area (Å²) in [6, 6.07) is -0.0728. The number of hydrogen-bond acceptors (Lipinski definition) is 16. The summed E-state index contributed by atoms with van der Waals surface area (Å²) in [5.74, 6) is -8.37. The number of allylic oxidation sites excluding steroid dienone is 2. The molecule has 2 aromatic carbocycles. The van der Waals surface area contributed by atoms with Gasteiger partial charge >= 0.3 is 11.8 Å². The van der Waals surface area contributed by atoms with E-state index in [1.807, 2.05) is 7.05 Å². The summed E-state index contributed by atoms with van der Waals surface area (Å²) in [4.78, 5) is 69.8. The molecule has 19 heteroatoms. The van der Waals surface area contributed by atoms with E-state index in [2.05, 4.69) is 54.9 Å². The van der Waals surface area contributed by atoms with Crippen LogP contribution in [0.15, 0.2) is 46.1 Å². The number of benzene rings is 2. The summed E-state index contributed by atoms with van der Waals surface area (Å²) in [7, 11) is 3.46. The van der Waals surface area contributed by atoms with E-state index in [1.54, 1.807) is 53.7 Å². The number of aliphatic hydroxyl groups is 2. The Morgan fingerprint density at radius 2 is 1.65 bits per heavy atom. The van der Waals surface area contributed by atoms with Gasteiger partial charge in [-0.05, 0) is 52.9 Å². The minimum atomic E-state index is -2.01. The van der Waals surface area contributed by atoms with Crippen molar-refractivity contribution >= 4 is 62.6 Å². The molecule has 0 radical (unpaired) electrons. The van der Waals surface area contributed by atoms with E-state index in [-0.39, 0.29) is 50.0 Å². The molecular weight excluding hydrogens is 1030 g/mol. The van der Waals surface area contributed by atoms with Crippen LogP contribution in [0, 0.1) is 30.6 Å². The van der Waals surface area contributed by atoms with Gasteiger partial charge in [-0.2, -0.15) is 0 Å². The Morgan fingerprint density at radius 1 is 0.972 bits per heavy atom. The predicted octanol–water partition coefficient (Wildman–Crippen LogP) is 4.50. The molecule has 0 saturated carbocycles. The fourth-order valence-electron chi connectivity index (χ4n) is 10.6. The number of aliphatic hydroxyl groups excluding tert-OH is 2. The van der Waals surface area contributed by atoms with Gasteiger partial charge in [-0.3, -0.25) is 24.2 Å². The second-order valence-electron chi connectivity index (χ2n) is 20.6.